The van der Waals surface area contributed by atoms with Crippen LogP contribution in [0.3, 0.4) is 0 Å². The molecule has 0 N–H and O–H groups in total. The topological polar surface area (TPSA) is 0 Å². The Morgan fingerprint density at radius 2 is 1.71 bits per heavy atom. The largest absolute Gasteiger partial charge is 0.312 e. The molecule has 5 heteroatoms. The van der Waals surface area contributed by atoms with Crippen molar-refractivity contribution in [3.63, 3.8) is 0 Å². The first kappa shape index (κ1) is 13.9. The molecular weight excluding hydrogens is 212 g/mol. The van der Waals surface area contributed by atoms with E-state index in [0.717, 1.165) is 0 Å². The summed E-state index contributed by atoms with van der Waals surface area (Å²) in [6.07, 6.45) is -0.584. The highest BCUT2D eigenvalue weighted by molar-refractivity contribution is 6.33. The zero-order valence-corrected chi connectivity index (χ0v) is 10.3. The van der Waals surface area contributed by atoms with Crippen molar-refractivity contribution in [1.29, 1.82) is 0 Å². The van der Waals surface area contributed by atoms with Crippen molar-refractivity contribution in [3.05, 3.63) is 0 Å². The average molecular weight is 230 g/mol. The Morgan fingerprint density at radius 1 is 1.21 bits per heavy atom. The van der Waals surface area contributed by atoms with Gasteiger partial charge in [0.25, 0.3) is 0 Å². The van der Waals surface area contributed by atoms with Gasteiger partial charge in [-0.3, -0.25) is 0 Å². The SMILES string of the molecule is CCC(C)C(F)(F)C(F)(F)CC[SiH2]C. The normalized spacial score (nSPS) is 16.5. The molecule has 1 atom stereocenters. The molecule has 14 heavy (non-hydrogen) atoms. The predicted octanol–water partition coefficient (Wildman–Crippen LogP) is 3.33. The van der Waals surface area contributed by atoms with Crippen LogP contribution in [0.15, 0.2) is 0 Å². The van der Waals surface area contributed by atoms with Crippen molar-refractivity contribution >= 4 is 9.52 Å². The molecule has 0 heterocycles. The zero-order valence-electron chi connectivity index (χ0n) is 8.92. The van der Waals surface area contributed by atoms with Gasteiger partial charge in [0.05, 0.1) is 0 Å². The summed E-state index contributed by atoms with van der Waals surface area (Å²) in [6, 6.07) is 0.277. The standard InChI is InChI=1S/C9H18F4Si/c1-4-7(2)9(12,13)8(10,11)5-6-14-3/h7H,4-6,14H2,1-3H3. The summed E-state index contributed by atoms with van der Waals surface area (Å²) < 4.78 is 52.6. The Labute approximate surface area is 84.9 Å². The second-order valence-corrected chi connectivity index (χ2v) is 5.45. The van der Waals surface area contributed by atoms with E-state index in [0.29, 0.717) is 0 Å². The summed E-state index contributed by atoms with van der Waals surface area (Å²) in [7, 11) is -0.568. The number of hydrogen-bond acceptors (Lipinski definition) is 0. The molecule has 0 spiro atoms. The minimum Gasteiger partial charge on any atom is -0.200 e. The molecule has 0 aromatic heterocycles. The number of halogens is 4. The summed E-state index contributed by atoms with van der Waals surface area (Å²) in [5, 5.41) is 0. The highest BCUT2D eigenvalue weighted by Crippen LogP contribution is 2.43. The maximum absolute atomic E-state index is 13.2. The van der Waals surface area contributed by atoms with Crippen LogP contribution in [0, 0.1) is 5.92 Å². The summed E-state index contributed by atoms with van der Waals surface area (Å²) in [5.41, 5.74) is 0. The van der Waals surface area contributed by atoms with Crippen LogP contribution < -0.4 is 0 Å². The number of hydrogen-bond donors (Lipinski definition) is 0. The molecule has 0 aliphatic heterocycles. The van der Waals surface area contributed by atoms with Gasteiger partial charge in [-0.25, -0.2) is 0 Å². The van der Waals surface area contributed by atoms with Crippen LogP contribution in [0.25, 0.3) is 0 Å². The maximum Gasteiger partial charge on any atom is 0.312 e. The second-order valence-electron chi connectivity index (χ2n) is 3.74. The predicted molar refractivity (Wildman–Crippen MR) is 53.2 cm³/mol. The van der Waals surface area contributed by atoms with Crippen molar-refractivity contribution in [2.75, 3.05) is 0 Å². The summed E-state index contributed by atoms with van der Waals surface area (Å²) >= 11 is 0. The maximum atomic E-state index is 13.2. The van der Waals surface area contributed by atoms with Gasteiger partial charge in [0.15, 0.2) is 0 Å². The van der Waals surface area contributed by atoms with Gasteiger partial charge < -0.3 is 0 Å². The highest BCUT2D eigenvalue weighted by atomic mass is 28.2. The fourth-order valence-electron chi connectivity index (χ4n) is 1.18. The van der Waals surface area contributed by atoms with Gasteiger partial charge in [-0.05, 0) is 6.42 Å². The third-order valence-electron chi connectivity index (χ3n) is 2.56. The van der Waals surface area contributed by atoms with Gasteiger partial charge in [0, 0.05) is 21.9 Å². The van der Waals surface area contributed by atoms with Crippen molar-refractivity contribution in [1.82, 2.24) is 0 Å². The quantitative estimate of drug-likeness (QED) is 0.485. The summed E-state index contributed by atoms with van der Waals surface area (Å²) in [6.45, 7) is 4.53. The lowest BCUT2D eigenvalue weighted by Gasteiger charge is -2.30. The van der Waals surface area contributed by atoms with Gasteiger partial charge in [-0.1, -0.05) is 26.4 Å². The van der Waals surface area contributed by atoms with Crippen molar-refractivity contribution in [2.45, 2.75) is 51.1 Å². The van der Waals surface area contributed by atoms with Crippen LogP contribution in [-0.2, 0) is 0 Å². The first-order valence-corrected chi connectivity index (χ1v) is 7.46. The fourth-order valence-corrected chi connectivity index (χ4v) is 1.98. The van der Waals surface area contributed by atoms with Crippen LogP contribution in [0.5, 0.6) is 0 Å². The lowest BCUT2D eigenvalue weighted by Crippen LogP contribution is -2.45. The highest BCUT2D eigenvalue weighted by Gasteiger charge is 2.57. The molecule has 0 saturated heterocycles. The Balaban J connectivity index is 4.51. The van der Waals surface area contributed by atoms with Crippen molar-refractivity contribution in [2.24, 2.45) is 5.92 Å². The van der Waals surface area contributed by atoms with E-state index in [4.69, 9.17) is 0 Å². The van der Waals surface area contributed by atoms with Gasteiger partial charge in [-0.2, -0.15) is 17.6 Å². The third-order valence-corrected chi connectivity index (χ3v) is 3.62. The Morgan fingerprint density at radius 3 is 2.07 bits per heavy atom. The van der Waals surface area contributed by atoms with Gasteiger partial charge in [-0.15, -0.1) is 0 Å². The first-order valence-electron chi connectivity index (χ1n) is 5.05. The molecule has 0 rings (SSSR count). The molecule has 0 saturated carbocycles. The smallest absolute Gasteiger partial charge is 0.200 e. The van der Waals surface area contributed by atoms with E-state index in [1.807, 2.05) is 6.55 Å². The van der Waals surface area contributed by atoms with E-state index in [2.05, 4.69) is 0 Å². The number of rotatable bonds is 6. The van der Waals surface area contributed by atoms with Crippen molar-refractivity contribution < 1.29 is 17.6 Å². The molecule has 0 bridgehead atoms. The van der Waals surface area contributed by atoms with E-state index in [1.165, 1.54) is 13.8 Å². The van der Waals surface area contributed by atoms with Crippen LogP contribution in [0.4, 0.5) is 17.6 Å². The molecule has 0 aliphatic carbocycles. The lowest BCUT2D eigenvalue weighted by atomic mass is 9.94. The van der Waals surface area contributed by atoms with Crippen LogP contribution in [-0.4, -0.2) is 21.4 Å². The molecule has 0 radical (unpaired) electrons. The molecule has 0 aliphatic rings. The second kappa shape index (κ2) is 5.14. The monoisotopic (exact) mass is 230 g/mol. The molecule has 0 fully saturated rings. The molecule has 1 unspecified atom stereocenters. The van der Waals surface area contributed by atoms with E-state index in [-0.39, 0.29) is 12.5 Å². The van der Waals surface area contributed by atoms with Crippen LogP contribution >= 0.6 is 0 Å². The van der Waals surface area contributed by atoms with E-state index in [1.54, 1.807) is 0 Å². The summed E-state index contributed by atoms with van der Waals surface area (Å²) in [5.74, 6) is -8.94. The third kappa shape index (κ3) is 2.97. The van der Waals surface area contributed by atoms with E-state index < -0.39 is 33.7 Å². The molecule has 0 nitrogen and oxygen atoms in total. The first-order chi connectivity index (χ1) is 6.29. The minimum absolute atomic E-state index is 0.0755. The van der Waals surface area contributed by atoms with E-state index in [9.17, 15) is 17.6 Å². The molecule has 86 valence electrons. The minimum atomic E-state index is -3.86. The van der Waals surface area contributed by atoms with Crippen LogP contribution in [0.1, 0.15) is 26.7 Å². The average Bonchev–Trinajstić information content (AvgIpc) is 2.13. The van der Waals surface area contributed by atoms with E-state index >= 15 is 0 Å². The molecular formula is C9H18F4Si. The van der Waals surface area contributed by atoms with Gasteiger partial charge in [0.2, 0.25) is 0 Å². The zero-order chi connectivity index (χ0) is 11.4. The number of alkyl halides is 4. The lowest BCUT2D eigenvalue weighted by molar-refractivity contribution is -0.234. The fraction of sp³-hybridized carbons (Fsp3) is 1.00. The van der Waals surface area contributed by atoms with Crippen LogP contribution in [0.2, 0.25) is 12.6 Å². The Bertz CT molecular complexity index is 170. The molecule has 0 aromatic carbocycles. The van der Waals surface area contributed by atoms with Gasteiger partial charge in [0.1, 0.15) is 0 Å². The van der Waals surface area contributed by atoms with Gasteiger partial charge >= 0.3 is 11.8 Å². The Hall–Kier alpha value is -0.0631. The Kier molecular flexibility index (Phi) is 5.12. The molecule has 0 aromatic rings. The molecule has 0 amide bonds. The summed E-state index contributed by atoms with van der Waals surface area (Å²) in [4.78, 5) is 0. The van der Waals surface area contributed by atoms with Crippen molar-refractivity contribution in [3.8, 4) is 0 Å².